The van der Waals surface area contributed by atoms with Crippen molar-refractivity contribution in [3.05, 3.63) is 11.6 Å². The molecule has 0 atom stereocenters. The van der Waals surface area contributed by atoms with E-state index in [0.29, 0.717) is 18.6 Å². The van der Waals surface area contributed by atoms with E-state index >= 15 is 0 Å². The molecule has 88 valence electrons. The number of hydrogen-bond donors (Lipinski definition) is 0. The summed E-state index contributed by atoms with van der Waals surface area (Å²) in [6.07, 6.45) is 6.89. The second-order valence-corrected chi connectivity index (χ2v) is 4.42. The topological polar surface area (TPSA) is 51.2 Å². The maximum atomic E-state index is 10.6. The van der Waals surface area contributed by atoms with Crippen LogP contribution in [0.5, 0.6) is 0 Å². The Kier molecular flexibility index (Phi) is 5.09. The smallest absolute Gasteiger partial charge is 0.155 e. The molecule has 0 radical (unpaired) electrons. The quantitative estimate of drug-likeness (QED) is 0.591. The van der Waals surface area contributed by atoms with E-state index in [0.717, 1.165) is 25.7 Å². The van der Waals surface area contributed by atoms with E-state index in [9.17, 15) is 14.4 Å². The van der Waals surface area contributed by atoms with Gasteiger partial charge in [-0.2, -0.15) is 0 Å². The maximum absolute atomic E-state index is 10.6. The summed E-state index contributed by atoms with van der Waals surface area (Å²) in [6, 6.07) is 0. The third-order valence-corrected chi connectivity index (χ3v) is 2.71. The minimum Gasteiger partial charge on any atom is -0.299 e. The van der Waals surface area contributed by atoms with Gasteiger partial charge in [0.25, 0.3) is 0 Å². The van der Waals surface area contributed by atoms with Gasteiger partial charge in [0.1, 0.15) is 11.6 Å². The van der Waals surface area contributed by atoms with E-state index < -0.39 is 0 Å². The molecule has 0 unspecified atom stereocenters. The molecule has 0 heterocycles. The Labute approximate surface area is 95.9 Å². The molecule has 1 saturated carbocycles. The van der Waals surface area contributed by atoms with Crippen molar-refractivity contribution < 1.29 is 14.4 Å². The van der Waals surface area contributed by atoms with Gasteiger partial charge in [-0.25, -0.2) is 0 Å². The Hall–Kier alpha value is -1.25. The predicted octanol–water partition coefficient (Wildman–Crippen LogP) is 2.38. The SMILES string of the molecule is CC1=CC(=O)CCC1.O=C1CCCC(=O)C1. The number of allylic oxidation sites excluding steroid dienone is 2. The average molecular weight is 222 g/mol. The second-order valence-electron chi connectivity index (χ2n) is 4.42. The van der Waals surface area contributed by atoms with E-state index in [1.807, 2.05) is 6.92 Å². The van der Waals surface area contributed by atoms with E-state index in [2.05, 4.69) is 0 Å². The van der Waals surface area contributed by atoms with Crippen LogP contribution in [0.4, 0.5) is 0 Å². The standard InChI is InChI=1S/C7H10O.C6H8O2/c1-6-3-2-4-7(8)5-6;7-5-2-1-3-6(8)4-5/h5H,2-4H2,1H3;1-4H2. The molecule has 2 aliphatic carbocycles. The van der Waals surface area contributed by atoms with E-state index in [4.69, 9.17) is 0 Å². The van der Waals surface area contributed by atoms with Gasteiger partial charge in [0.2, 0.25) is 0 Å². The lowest BCUT2D eigenvalue weighted by Gasteiger charge is -2.04. The zero-order valence-electron chi connectivity index (χ0n) is 9.75. The first-order chi connectivity index (χ1) is 7.58. The van der Waals surface area contributed by atoms with Crippen LogP contribution in [-0.4, -0.2) is 17.3 Å². The van der Waals surface area contributed by atoms with Crippen molar-refractivity contribution in [3.63, 3.8) is 0 Å². The molecular formula is C13H18O3. The van der Waals surface area contributed by atoms with Gasteiger partial charge in [-0.1, -0.05) is 5.57 Å². The lowest BCUT2D eigenvalue weighted by atomic mass is 9.98. The molecule has 2 rings (SSSR count). The summed E-state index contributed by atoms with van der Waals surface area (Å²) in [5.74, 6) is 0.524. The minimum atomic E-state index is 0.112. The fraction of sp³-hybridized carbons (Fsp3) is 0.615. The summed E-state index contributed by atoms with van der Waals surface area (Å²) in [5, 5.41) is 0. The van der Waals surface area contributed by atoms with Crippen LogP contribution in [0.3, 0.4) is 0 Å². The van der Waals surface area contributed by atoms with Gasteiger partial charge >= 0.3 is 0 Å². The summed E-state index contributed by atoms with van der Waals surface area (Å²) in [7, 11) is 0. The molecule has 1 fully saturated rings. The van der Waals surface area contributed by atoms with E-state index in [-0.39, 0.29) is 18.0 Å². The summed E-state index contributed by atoms with van der Waals surface area (Å²) >= 11 is 0. The Morgan fingerprint density at radius 1 is 0.875 bits per heavy atom. The van der Waals surface area contributed by atoms with Crippen molar-refractivity contribution in [3.8, 4) is 0 Å². The van der Waals surface area contributed by atoms with Gasteiger partial charge in [0.05, 0.1) is 6.42 Å². The monoisotopic (exact) mass is 222 g/mol. The van der Waals surface area contributed by atoms with Gasteiger partial charge in [-0.15, -0.1) is 0 Å². The highest BCUT2D eigenvalue weighted by Crippen LogP contribution is 2.13. The predicted molar refractivity (Wildman–Crippen MR) is 61.1 cm³/mol. The molecule has 0 aliphatic heterocycles. The highest BCUT2D eigenvalue weighted by atomic mass is 16.1. The van der Waals surface area contributed by atoms with Crippen LogP contribution in [0.25, 0.3) is 0 Å². The Morgan fingerprint density at radius 3 is 1.75 bits per heavy atom. The number of carbonyl (C=O) groups is 3. The van der Waals surface area contributed by atoms with Crippen LogP contribution in [0.15, 0.2) is 11.6 Å². The van der Waals surface area contributed by atoms with Crippen molar-refractivity contribution in [2.75, 3.05) is 0 Å². The fourth-order valence-corrected chi connectivity index (χ4v) is 1.84. The lowest BCUT2D eigenvalue weighted by Crippen LogP contribution is -2.13. The van der Waals surface area contributed by atoms with E-state index in [1.54, 1.807) is 6.08 Å². The third kappa shape index (κ3) is 5.01. The van der Waals surface area contributed by atoms with Crippen LogP contribution < -0.4 is 0 Å². The first kappa shape index (κ1) is 12.8. The summed E-state index contributed by atoms with van der Waals surface area (Å²) in [5.41, 5.74) is 1.24. The van der Waals surface area contributed by atoms with Gasteiger partial charge in [0.15, 0.2) is 5.78 Å². The first-order valence-corrected chi connectivity index (χ1v) is 5.81. The zero-order chi connectivity index (χ0) is 12.0. The number of carbonyl (C=O) groups excluding carboxylic acids is 3. The third-order valence-electron chi connectivity index (χ3n) is 2.71. The Balaban J connectivity index is 0.000000160. The fourth-order valence-electron chi connectivity index (χ4n) is 1.84. The number of ketones is 3. The van der Waals surface area contributed by atoms with Crippen LogP contribution in [0, 0.1) is 0 Å². The lowest BCUT2D eigenvalue weighted by molar-refractivity contribution is -0.129. The van der Waals surface area contributed by atoms with Gasteiger partial charge in [0, 0.05) is 19.3 Å². The highest BCUT2D eigenvalue weighted by molar-refractivity contribution is 6.01. The first-order valence-electron chi connectivity index (χ1n) is 5.81. The molecule has 0 amide bonds. The molecule has 16 heavy (non-hydrogen) atoms. The van der Waals surface area contributed by atoms with Gasteiger partial charge in [-0.3, -0.25) is 14.4 Å². The number of hydrogen-bond acceptors (Lipinski definition) is 3. The van der Waals surface area contributed by atoms with Crippen molar-refractivity contribution in [1.29, 1.82) is 0 Å². The largest absolute Gasteiger partial charge is 0.299 e. The number of Topliss-reactive ketones (excluding diaryl/α,β-unsaturated/α-hetero) is 2. The summed E-state index contributed by atoms with van der Waals surface area (Å²) < 4.78 is 0. The molecule has 0 aromatic heterocycles. The molecule has 0 bridgehead atoms. The molecule has 0 aromatic rings. The van der Waals surface area contributed by atoms with Crippen LogP contribution in [-0.2, 0) is 14.4 Å². The van der Waals surface area contributed by atoms with Crippen LogP contribution >= 0.6 is 0 Å². The van der Waals surface area contributed by atoms with Crippen LogP contribution in [0.1, 0.15) is 51.9 Å². The van der Waals surface area contributed by atoms with Gasteiger partial charge in [-0.05, 0) is 32.3 Å². The molecular weight excluding hydrogens is 204 g/mol. The second kappa shape index (κ2) is 6.36. The molecule has 3 heteroatoms. The molecule has 0 saturated heterocycles. The molecule has 0 spiro atoms. The molecule has 0 aromatic carbocycles. The number of rotatable bonds is 0. The summed E-state index contributed by atoms with van der Waals surface area (Å²) in [6.45, 7) is 2.01. The zero-order valence-corrected chi connectivity index (χ0v) is 9.75. The molecule has 2 aliphatic rings. The molecule has 0 N–H and O–H groups in total. The Bertz CT molecular complexity index is 312. The maximum Gasteiger partial charge on any atom is 0.155 e. The minimum absolute atomic E-state index is 0.112. The normalized spacial score (nSPS) is 21.1. The van der Waals surface area contributed by atoms with Crippen molar-refractivity contribution in [2.45, 2.75) is 51.9 Å². The average Bonchev–Trinajstić information content (AvgIpc) is 2.17. The van der Waals surface area contributed by atoms with Gasteiger partial charge < -0.3 is 0 Å². The molecule has 3 nitrogen and oxygen atoms in total. The van der Waals surface area contributed by atoms with E-state index in [1.165, 1.54) is 5.57 Å². The van der Waals surface area contributed by atoms with Crippen molar-refractivity contribution in [1.82, 2.24) is 0 Å². The van der Waals surface area contributed by atoms with Crippen LogP contribution in [0.2, 0.25) is 0 Å². The van der Waals surface area contributed by atoms with Crippen molar-refractivity contribution >= 4 is 17.3 Å². The summed E-state index contributed by atoms with van der Waals surface area (Å²) in [4.78, 5) is 31.5. The Morgan fingerprint density at radius 2 is 1.44 bits per heavy atom. The highest BCUT2D eigenvalue weighted by Gasteiger charge is 2.14. The van der Waals surface area contributed by atoms with Crippen molar-refractivity contribution in [2.24, 2.45) is 0 Å².